The summed E-state index contributed by atoms with van der Waals surface area (Å²) in [6.45, 7) is 3.83. The topological polar surface area (TPSA) is 92.7 Å². The summed E-state index contributed by atoms with van der Waals surface area (Å²) in [7, 11) is -1.09. The van der Waals surface area contributed by atoms with Gasteiger partial charge in [-0.05, 0) is 84.8 Å². The summed E-state index contributed by atoms with van der Waals surface area (Å²) in [5, 5.41) is 0. The lowest BCUT2D eigenvalue weighted by atomic mass is 9.70. The Morgan fingerprint density at radius 3 is 1.68 bits per heavy atom. The molecule has 3 aromatic rings. The molecule has 3 aromatic carbocycles. The van der Waals surface area contributed by atoms with Crippen molar-refractivity contribution in [3.8, 4) is 11.5 Å². The Kier molecular flexibility index (Phi) is 8.26. The number of hydrogen-bond acceptors (Lipinski definition) is 6. The van der Waals surface area contributed by atoms with Crippen LogP contribution in [0.2, 0.25) is 0 Å². The smallest absolute Gasteiger partial charge is 0.166 e. The Bertz CT molecular complexity index is 1300. The third kappa shape index (κ3) is 5.63. The Morgan fingerprint density at radius 1 is 0.842 bits per heavy atom. The number of rotatable bonds is 7. The fourth-order valence-corrected chi connectivity index (χ4v) is 9.14. The van der Waals surface area contributed by atoms with E-state index in [4.69, 9.17) is 9.47 Å². The van der Waals surface area contributed by atoms with Crippen LogP contribution in [0.1, 0.15) is 33.1 Å². The molecule has 6 nitrogen and oxygen atoms in total. The van der Waals surface area contributed by atoms with Crippen LogP contribution < -0.4 is 9.47 Å². The van der Waals surface area contributed by atoms with E-state index in [1.807, 2.05) is 44.2 Å². The molecule has 2 saturated carbocycles. The normalized spacial score (nSPS) is 21.6. The maximum Gasteiger partial charge on any atom is 0.166 e. The van der Waals surface area contributed by atoms with Gasteiger partial charge in [0, 0.05) is 11.8 Å². The minimum absolute atomic E-state index is 0.0248. The van der Waals surface area contributed by atoms with E-state index in [2.05, 4.69) is 48.5 Å². The van der Waals surface area contributed by atoms with Gasteiger partial charge in [0.15, 0.2) is 14.7 Å². The second kappa shape index (κ2) is 11.1. The summed E-state index contributed by atoms with van der Waals surface area (Å²) in [4.78, 5) is 15.7. The Hall–Kier alpha value is -2.81. The predicted octanol–water partition coefficient (Wildman–Crippen LogP) is 5.73. The zero-order valence-corrected chi connectivity index (χ0v) is 23.8. The lowest BCUT2D eigenvalue weighted by Gasteiger charge is -2.37. The molecule has 2 aliphatic carbocycles. The van der Waals surface area contributed by atoms with Gasteiger partial charge >= 0.3 is 0 Å². The number of carbonyl (C=O) groups is 1. The first kappa shape index (κ1) is 28.2. The van der Waals surface area contributed by atoms with Crippen LogP contribution in [0.5, 0.6) is 11.5 Å². The van der Waals surface area contributed by atoms with Gasteiger partial charge in [0.2, 0.25) is 0 Å². The van der Waals surface area contributed by atoms with Crippen LogP contribution in [-0.4, -0.2) is 38.7 Å². The van der Waals surface area contributed by atoms with Crippen molar-refractivity contribution >= 4 is 26.8 Å². The number of benzene rings is 3. The van der Waals surface area contributed by atoms with Crippen LogP contribution in [0.25, 0.3) is 0 Å². The van der Waals surface area contributed by atoms with Crippen LogP contribution >= 0.6 is 0 Å². The minimum atomic E-state index is -4.33. The number of Topliss-reactive ketones (excluding diaryl/α,β-unsaturated/α-hetero) is 1. The second-order valence-electron chi connectivity index (χ2n) is 10.3. The average Bonchev–Trinajstić information content (AvgIpc) is 3.24. The van der Waals surface area contributed by atoms with E-state index >= 15 is 0 Å². The quantitative estimate of drug-likeness (QED) is 0.274. The highest BCUT2D eigenvalue weighted by Crippen LogP contribution is 2.64. The summed E-state index contributed by atoms with van der Waals surface area (Å²) in [5.74, 6) is 1.47. The number of ether oxygens (including phenoxy) is 2. The minimum Gasteiger partial charge on any atom is -0.748 e. The first-order chi connectivity index (χ1) is 18.0. The maximum atomic E-state index is 11.8. The van der Waals surface area contributed by atoms with Gasteiger partial charge in [-0.15, -0.1) is 0 Å². The van der Waals surface area contributed by atoms with E-state index in [1.54, 1.807) is 14.2 Å². The molecule has 0 radical (unpaired) electrons. The molecule has 0 amide bonds. The number of ketones is 1. The molecule has 2 aliphatic rings. The van der Waals surface area contributed by atoms with E-state index in [1.165, 1.54) is 14.7 Å². The SMILES string of the molecule is CC1(C)C2CCC1(CS(=O)(=O)[O-])C(=O)C2.COc1ccc([S+](c2ccccc2)c2ccc(OC)cc2)cc1. The van der Waals surface area contributed by atoms with E-state index < -0.39 is 21.3 Å². The van der Waals surface area contributed by atoms with Crippen molar-refractivity contribution in [2.75, 3.05) is 20.0 Å². The van der Waals surface area contributed by atoms with Crippen LogP contribution in [0, 0.1) is 16.7 Å². The largest absolute Gasteiger partial charge is 0.748 e. The molecule has 5 rings (SSSR count). The fraction of sp³-hybridized carbons (Fsp3) is 0.367. The van der Waals surface area contributed by atoms with E-state index in [-0.39, 0.29) is 28.0 Å². The molecule has 0 aliphatic heterocycles. The number of methoxy groups -OCH3 is 2. The molecule has 2 bridgehead atoms. The molecule has 0 heterocycles. The maximum absolute atomic E-state index is 11.8. The molecule has 0 N–H and O–H groups in total. The summed E-state index contributed by atoms with van der Waals surface area (Å²) >= 11 is 0. The van der Waals surface area contributed by atoms with Crippen LogP contribution in [0.4, 0.5) is 0 Å². The molecular formula is C30H34O6S2. The monoisotopic (exact) mass is 554 g/mol. The van der Waals surface area contributed by atoms with Gasteiger partial charge in [-0.1, -0.05) is 32.0 Å². The molecule has 8 heteroatoms. The molecule has 2 atom stereocenters. The predicted molar refractivity (Wildman–Crippen MR) is 148 cm³/mol. The number of fused-ring (bicyclic) bond motifs is 2. The molecule has 202 valence electrons. The third-order valence-corrected chi connectivity index (χ3v) is 11.2. The van der Waals surface area contributed by atoms with Gasteiger partial charge in [0.25, 0.3) is 0 Å². The molecule has 0 saturated heterocycles. The van der Waals surface area contributed by atoms with E-state index in [0.29, 0.717) is 12.8 Å². The summed E-state index contributed by atoms with van der Waals surface area (Å²) in [6, 6.07) is 27.2. The molecule has 0 aromatic heterocycles. The Labute approximate surface area is 228 Å². The average molecular weight is 555 g/mol. The van der Waals surface area contributed by atoms with Crippen molar-refractivity contribution < 1.29 is 27.2 Å². The molecular weight excluding hydrogens is 520 g/mol. The fourth-order valence-electron chi connectivity index (χ4n) is 5.80. The van der Waals surface area contributed by atoms with Gasteiger partial charge in [0.05, 0.1) is 41.0 Å². The third-order valence-electron chi connectivity index (χ3n) is 8.13. The van der Waals surface area contributed by atoms with Gasteiger partial charge in [-0.25, -0.2) is 8.42 Å². The van der Waals surface area contributed by atoms with Crippen molar-refractivity contribution in [2.24, 2.45) is 16.7 Å². The zero-order valence-electron chi connectivity index (χ0n) is 22.2. The lowest BCUT2D eigenvalue weighted by Crippen LogP contribution is -2.42. The highest BCUT2D eigenvalue weighted by Gasteiger charge is 2.64. The summed E-state index contributed by atoms with van der Waals surface area (Å²) < 4.78 is 43.2. The lowest BCUT2D eigenvalue weighted by molar-refractivity contribution is -0.128. The Balaban J connectivity index is 0.000000194. The highest BCUT2D eigenvalue weighted by atomic mass is 32.2. The summed E-state index contributed by atoms with van der Waals surface area (Å²) in [5.41, 5.74) is -1.22. The zero-order chi connectivity index (χ0) is 27.6. The first-order valence-electron chi connectivity index (χ1n) is 12.5. The van der Waals surface area contributed by atoms with Crippen LogP contribution in [-0.2, 0) is 25.8 Å². The van der Waals surface area contributed by atoms with E-state index in [0.717, 1.165) is 17.9 Å². The molecule has 38 heavy (non-hydrogen) atoms. The standard InChI is InChI=1S/C20H19O2S.C10H16O4S/c1-21-16-8-12-19(13-9-16)23(18-6-4-3-5-7-18)20-14-10-17(22-2)11-15-20;1-9(2)7-3-4-10(9,8(11)5-7)6-15(12,13)14/h3-15H,1-2H3;7H,3-6H2,1-2H3,(H,12,13,14)/q+1;/p-1. The van der Waals surface area contributed by atoms with Crippen LogP contribution in [0.15, 0.2) is 93.5 Å². The van der Waals surface area contributed by atoms with Crippen molar-refractivity contribution in [3.63, 3.8) is 0 Å². The highest BCUT2D eigenvalue weighted by molar-refractivity contribution is 7.97. The van der Waals surface area contributed by atoms with E-state index in [9.17, 15) is 17.8 Å². The van der Waals surface area contributed by atoms with Gasteiger partial charge in [-0.3, -0.25) is 4.79 Å². The van der Waals surface area contributed by atoms with Gasteiger partial charge < -0.3 is 14.0 Å². The number of hydrogen-bond donors (Lipinski definition) is 0. The molecule has 0 spiro atoms. The van der Waals surface area contributed by atoms with Crippen molar-refractivity contribution in [2.45, 2.75) is 47.8 Å². The van der Waals surface area contributed by atoms with Crippen LogP contribution in [0.3, 0.4) is 0 Å². The second-order valence-corrected chi connectivity index (χ2v) is 13.8. The van der Waals surface area contributed by atoms with Crippen molar-refractivity contribution in [1.82, 2.24) is 0 Å². The molecule has 2 unspecified atom stereocenters. The molecule has 2 fully saturated rings. The van der Waals surface area contributed by atoms with Crippen molar-refractivity contribution in [3.05, 3.63) is 78.9 Å². The Morgan fingerprint density at radius 2 is 1.32 bits per heavy atom. The first-order valence-corrected chi connectivity index (χ1v) is 15.4. The van der Waals surface area contributed by atoms with Crippen molar-refractivity contribution in [1.29, 1.82) is 0 Å². The van der Waals surface area contributed by atoms with Gasteiger partial charge in [-0.2, -0.15) is 0 Å². The number of carbonyl (C=O) groups excluding carboxylic acids is 1. The van der Waals surface area contributed by atoms with Gasteiger partial charge in [0.1, 0.15) is 17.3 Å². The summed E-state index contributed by atoms with van der Waals surface area (Å²) in [6.07, 6.45) is 1.88.